The van der Waals surface area contributed by atoms with Crippen molar-refractivity contribution in [2.24, 2.45) is 0 Å². The topological polar surface area (TPSA) is 37.3 Å². The van der Waals surface area contributed by atoms with Gasteiger partial charge in [-0.25, -0.2) is 18.0 Å². The van der Waals surface area contributed by atoms with E-state index in [0.717, 1.165) is 12.1 Å². The highest BCUT2D eigenvalue weighted by atomic mass is 79.9. The van der Waals surface area contributed by atoms with Gasteiger partial charge in [0.25, 0.3) is 6.43 Å². The van der Waals surface area contributed by atoms with Crippen LogP contribution in [0.1, 0.15) is 22.3 Å². The Bertz CT molecular complexity index is 379. The first-order valence-corrected chi connectivity index (χ1v) is 4.23. The Balaban J connectivity index is 3.41. The molecule has 0 spiro atoms. The lowest BCUT2D eigenvalue weighted by molar-refractivity contribution is 0.0689. The van der Waals surface area contributed by atoms with E-state index in [0.29, 0.717) is 0 Å². The molecule has 0 aliphatic heterocycles. The number of aromatic carboxylic acids is 1. The maximum Gasteiger partial charge on any atom is 0.339 e. The van der Waals surface area contributed by atoms with Crippen LogP contribution >= 0.6 is 15.9 Å². The largest absolute Gasteiger partial charge is 0.478 e. The van der Waals surface area contributed by atoms with E-state index in [1.54, 1.807) is 0 Å². The van der Waals surface area contributed by atoms with Gasteiger partial charge in [-0.05, 0) is 28.1 Å². The fourth-order valence-corrected chi connectivity index (χ4v) is 1.41. The minimum atomic E-state index is -3.03. The van der Waals surface area contributed by atoms with Crippen LogP contribution in [0.15, 0.2) is 16.6 Å². The van der Waals surface area contributed by atoms with Gasteiger partial charge in [0.05, 0.1) is 5.56 Å². The summed E-state index contributed by atoms with van der Waals surface area (Å²) in [6.07, 6.45) is -3.03. The molecule has 0 saturated carbocycles. The van der Waals surface area contributed by atoms with Crippen LogP contribution < -0.4 is 0 Å². The molecule has 0 radical (unpaired) electrons. The van der Waals surface area contributed by atoms with E-state index in [1.807, 2.05) is 0 Å². The highest BCUT2D eigenvalue weighted by Crippen LogP contribution is 2.28. The lowest BCUT2D eigenvalue weighted by Crippen LogP contribution is -2.05. The van der Waals surface area contributed by atoms with Crippen LogP contribution in [0.25, 0.3) is 0 Å². The first-order valence-electron chi connectivity index (χ1n) is 3.44. The SMILES string of the molecule is O=C(O)c1c(Br)ccc(C(F)F)c1F. The average molecular weight is 269 g/mol. The molecule has 1 aromatic rings. The van der Waals surface area contributed by atoms with Gasteiger partial charge in [-0.15, -0.1) is 0 Å². The van der Waals surface area contributed by atoms with Crippen molar-refractivity contribution in [3.05, 3.63) is 33.5 Å². The fourth-order valence-electron chi connectivity index (χ4n) is 0.933. The second-order valence-electron chi connectivity index (χ2n) is 2.43. The monoisotopic (exact) mass is 268 g/mol. The van der Waals surface area contributed by atoms with E-state index >= 15 is 0 Å². The molecule has 0 aliphatic rings. The predicted molar refractivity (Wildman–Crippen MR) is 46.0 cm³/mol. The van der Waals surface area contributed by atoms with Crippen LogP contribution in [0.5, 0.6) is 0 Å². The molecular weight excluding hydrogens is 265 g/mol. The van der Waals surface area contributed by atoms with Crippen LogP contribution in [-0.2, 0) is 0 Å². The number of alkyl halides is 2. The molecule has 0 fully saturated rings. The Morgan fingerprint density at radius 1 is 1.43 bits per heavy atom. The third kappa shape index (κ3) is 1.89. The summed E-state index contributed by atoms with van der Waals surface area (Å²) in [5, 5.41) is 8.54. The molecule has 0 aliphatic carbocycles. The van der Waals surface area contributed by atoms with E-state index in [-0.39, 0.29) is 4.47 Å². The van der Waals surface area contributed by atoms with Crippen LogP contribution in [-0.4, -0.2) is 11.1 Å². The molecule has 0 unspecified atom stereocenters. The number of benzene rings is 1. The standard InChI is InChI=1S/C8H4BrF3O2/c9-4-2-1-3(7(11)12)6(10)5(4)8(13)14/h1-2,7H,(H,13,14). The van der Waals surface area contributed by atoms with E-state index in [4.69, 9.17) is 5.11 Å². The van der Waals surface area contributed by atoms with Crippen LogP contribution in [0.3, 0.4) is 0 Å². The number of carboxylic acids is 1. The molecule has 0 aromatic heterocycles. The Hall–Kier alpha value is -1.04. The number of halogens is 4. The van der Waals surface area contributed by atoms with Gasteiger partial charge in [-0.2, -0.15) is 0 Å². The lowest BCUT2D eigenvalue weighted by Gasteiger charge is -2.06. The zero-order valence-corrected chi connectivity index (χ0v) is 8.19. The van der Waals surface area contributed by atoms with Crippen molar-refractivity contribution in [1.29, 1.82) is 0 Å². The summed E-state index contributed by atoms with van der Waals surface area (Å²) in [5.41, 5.74) is -1.69. The van der Waals surface area contributed by atoms with Gasteiger partial charge in [0.2, 0.25) is 0 Å². The number of carboxylic acid groups (broad SMARTS) is 1. The maximum atomic E-state index is 13.1. The summed E-state index contributed by atoms with van der Waals surface area (Å²) < 4.78 is 37.4. The number of rotatable bonds is 2. The summed E-state index contributed by atoms with van der Waals surface area (Å²) >= 11 is 2.77. The molecular formula is C8H4BrF3O2. The van der Waals surface area contributed by atoms with Crippen molar-refractivity contribution in [1.82, 2.24) is 0 Å². The summed E-state index contributed by atoms with van der Waals surface area (Å²) in [5.74, 6) is -2.99. The van der Waals surface area contributed by atoms with Crippen molar-refractivity contribution < 1.29 is 23.1 Å². The number of carbonyl (C=O) groups is 1. The van der Waals surface area contributed by atoms with Gasteiger partial charge >= 0.3 is 5.97 Å². The van der Waals surface area contributed by atoms with Gasteiger partial charge in [0.15, 0.2) is 0 Å². The van der Waals surface area contributed by atoms with Gasteiger partial charge < -0.3 is 5.11 Å². The van der Waals surface area contributed by atoms with Crippen molar-refractivity contribution in [3.63, 3.8) is 0 Å². The Labute approximate surface area is 85.5 Å². The lowest BCUT2D eigenvalue weighted by atomic mass is 10.1. The van der Waals surface area contributed by atoms with E-state index in [1.165, 1.54) is 0 Å². The molecule has 6 heteroatoms. The van der Waals surface area contributed by atoms with Crippen LogP contribution in [0.4, 0.5) is 13.2 Å². The Morgan fingerprint density at radius 2 is 2.00 bits per heavy atom. The summed E-state index contributed by atoms with van der Waals surface area (Å²) in [7, 11) is 0. The van der Waals surface area contributed by atoms with Gasteiger partial charge in [-0.1, -0.05) is 0 Å². The Kier molecular flexibility index (Phi) is 3.15. The summed E-state index contributed by atoms with van der Waals surface area (Å²) in [4.78, 5) is 10.5. The number of hydrogen-bond acceptors (Lipinski definition) is 1. The highest BCUT2D eigenvalue weighted by molar-refractivity contribution is 9.10. The van der Waals surface area contributed by atoms with E-state index < -0.39 is 29.3 Å². The highest BCUT2D eigenvalue weighted by Gasteiger charge is 2.22. The molecule has 1 aromatic carbocycles. The van der Waals surface area contributed by atoms with Crippen molar-refractivity contribution in [2.75, 3.05) is 0 Å². The molecule has 0 amide bonds. The molecule has 0 heterocycles. The average Bonchev–Trinajstić information content (AvgIpc) is 2.02. The van der Waals surface area contributed by atoms with Crippen molar-refractivity contribution in [3.8, 4) is 0 Å². The quantitative estimate of drug-likeness (QED) is 0.894. The molecule has 0 bridgehead atoms. The second kappa shape index (κ2) is 4.00. The molecule has 2 nitrogen and oxygen atoms in total. The zero-order chi connectivity index (χ0) is 10.9. The van der Waals surface area contributed by atoms with Crippen LogP contribution in [0, 0.1) is 5.82 Å². The molecule has 14 heavy (non-hydrogen) atoms. The molecule has 76 valence electrons. The third-order valence-corrected chi connectivity index (χ3v) is 2.23. The fraction of sp³-hybridized carbons (Fsp3) is 0.125. The second-order valence-corrected chi connectivity index (χ2v) is 3.29. The minimum absolute atomic E-state index is 0.0631. The van der Waals surface area contributed by atoms with Gasteiger partial charge in [-0.3, -0.25) is 0 Å². The third-order valence-electron chi connectivity index (χ3n) is 1.57. The molecule has 0 saturated heterocycles. The summed E-state index contributed by atoms with van der Waals surface area (Å²) in [6.45, 7) is 0. The van der Waals surface area contributed by atoms with Crippen molar-refractivity contribution >= 4 is 21.9 Å². The molecule has 1 rings (SSSR count). The van der Waals surface area contributed by atoms with Crippen molar-refractivity contribution in [2.45, 2.75) is 6.43 Å². The first kappa shape index (κ1) is 11.0. The van der Waals surface area contributed by atoms with E-state index in [2.05, 4.69) is 15.9 Å². The van der Waals surface area contributed by atoms with E-state index in [9.17, 15) is 18.0 Å². The maximum absolute atomic E-state index is 13.1. The predicted octanol–water partition coefficient (Wildman–Crippen LogP) is 3.22. The Morgan fingerprint density at radius 3 is 2.43 bits per heavy atom. The molecule has 1 N–H and O–H groups in total. The smallest absolute Gasteiger partial charge is 0.339 e. The van der Waals surface area contributed by atoms with Gasteiger partial charge in [0, 0.05) is 4.47 Å². The normalized spacial score (nSPS) is 10.6. The minimum Gasteiger partial charge on any atom is -0.478 e. The van der Waals surface area contributed by atoms with Gasteiger partial charge in [0.1, 0.15) is 11.4 Å². The molecule has 0 atom stereocenters. The zero-order valence-electron chi connectivity index (χ0n) is 6.60. The first-order chi connectivity index (χ1) is 6.45. The summed E-state index contributed by atoms with van der Waals surface area (Å²) in [6, 6.07) is 1.92. The number of hydrogen-bond donors (Lipinski definition) is 1. The van der Waals surface area contributed by atoms with Crippen LogP contribution in [0.2, 0.25) is 0 Å².